The van der Waals surface area contributed by atoms with Crippen molar-refractivity contribution in [2.24, 2.45) is 5.92 Å². The fourth-order valence-electron chi connectivity index (χ4n) is 3.16. The Bertz CT molecular complexity index is 744. The molecule has 3 rings (SSSR count). The van der Waals surface area contributed by atoms with E-state index in [1.165, 1.54) is 0 Å². The molecular weight excluding hydrogens is 342 g/mol. The smallest absolute Gasteiger partial charge is 0.260 e. The molecule has 1 unspecified atom stereocenters. The van der Waals surface area contributed by atoms with Gasteiger partial charge in [-0.15, -0.1) is 0 Å². The quantitative estimate of drug-likeness (QED) is 0.852. The molecule has 1 atom stereocenters. The first kappa shape index (κ1) is 18.9. The summed E-state index contributed by atoms with van der Waals surface area (Å²) in [4.78, 5) is 30.5. The van der Waals surface area contributed by atoms with Crippen LogP contribution in [0.1, 0.15) is 30.1 Å². The van der Waals surface area contributed by atoms with Gasteiger partial charge in [0.05, 0.1) is 5.56 Å². The van der Waals surface area contributed by atoms with Crippen molar-refractivity contribution >= 4 is 11.8 Å². The number of nitrogens with one attached hydrogen (secondary N) is 1. The molecule has 1 aromatic heterocycles. The summed E-state index contributed by atoms with van der Waals surface area (Å²) in [5.41, 5.74) is 0.621. The number of ether oxygens (including phenoxy) is 1. The third-order valence-electron chi connectivity index (χ3n) is 4.80. The van der Waals surface area contributed by atoms with Gasteiger partial charge in [0, 0.05) is 32.0 Å². The van der Waals surface area contributed by atoms with Crippen LogP contribution in [0.2, 0.25) is 0 Å². The van der Waals surface area contributed by atoms with E-state index in [9.17, 15) is 9.59 Å². The third kappa shape index (κ3) is 5.29. The van der Waals surface area contributed by atoms with E-state index in [0.29, 0.717) is 36.9 Å². The Hall–Kier alpha value is -2.89. The number of aromatic nitrogens is 1. The van der Waals surface area contributed by atoms with Gasteiger partial charge in [-0.05, 0) is 49.9 Å². The lowest BCUT2D eigenvalue weighted by atomic mass is 9.96. The van der Waals surface area contributed by atoms with Gasteiger partial charge in [0.25, 0.3) is 11.8 Å². The summed E-state index contributed by atoms with van der Waals surface area (Å²) in [6.45, 7) is 3.75. The lowest BCUT2D eigenvalue weighted by molar-refractivity contribution is -0.127. The van der Waals surface area contributed by atoms with Gasteiger partial charge in [-0.3, -0.25) is 14.6 Å². The number of piperidine rings is 1. The Morgan fingerprint density at radius 1 is 1.19 bits per heavy atom. The molecule has 0 bridgehead atoms. The van der Waals surface area contributed by atoms with Crippen molar-refractivity contribution in [1.82, 2.24) is 15.2 Å². The molecule has 2 amide bonds. The van der Waals surface area contributed by atoms with Crippen LogP contribution in [-0.4, -0.2) is 47.4 Å². The van der Waals surface area contributed by atoms with E-state index < -0.39 is 6.10 Å². The number of amides is 2. The van der Waals surface area contributed by atoms with Crippen LogP contribution < -0.4 is 10.1 Å². The highest BCUT2D eigenvalue weighted by Crippen LogP contribution is 2.18. The highest BCUT2D eigenvalue weighted by Gasteiger charge is 2.24. The van der Waals surface area contributed by atoms with E-state index in [0.717, 1.165) is 12.8 Å². The zero-order chi connectivity index (χ0) is 19.1. The van der Waals surface area contributed by atoms with Crippen LogP contribution >= 0.6 is 0 Å². The van der Waals surface area contributed by atoms with E-state index in [1.807, 2.05) is 35.2 Å². The number of rotatable bonds is 6. The molecule has 1 aliphatic rings. The molecule has 1 saturated heterocycles. The van der Waals surface area contributed by atoms with E-state index in [-0.39, 0.29) is 11.8 Å². The average molecular weight is 367 g/mol. The maximum absolute atomic E-state index is 12.4. The molecule has 6 nitrogen and oxygen atoms in total. The molecule has 27 heavy (non-hydrogen) atoms. The molecule has 2 heterocycles. The molecule has 1 fully saturated rings. The van der Waals surface area contributed by atoms with E-state index in [1.54, 1.807) is 31.5 Å². The Balaban J connectivity index is 1.40. The number of carbonyl (C=O) groups excluding carboxylic acids is 2. The number of nitrogens with zero attached hydrogens (tertiary/aromatic N) is 2. The first-order chi connectivity index (χ1) is 13.1. The van der Waals surface area contributed by atoms with Crippen molar-refractivity contribution in [3.8, 4) is 5.75 Å². The highest BCUT2D eigenvalue weighted by atomic mass is 16.5. The fourth-order valence-corrected chi connectivity index (χ4v) is 3.16. The molecule has 1 N–H and O–H groups in total. The maximum Gasteiger partial charge on any atom is 0.260 e. The molecule has 0 saturated carbocycles. The minimum atomic E-state index is -0.542. The predicted molar refractivity (Wildman–Crippen MR) is 102 cm³/mol. The minimum Gasteiger partial charge on any atom is -0.481 e. The standard InChI is InChI=1S/C21H25N3O3/c1-16(27-19-7-3-2-4-8-19)20(25)23-14-17-9-12-24(13-10-17)21(26)18-6-5-11-22-15-18/h2-8,11,15-17H,9-10,12-14H2,1H3,(H,23,25). The molecule has 0 spiro atoms. The zero-order valence-electron chi connectivity index (χ0n) is 15.5. The second-order valence-corrected chi connectivity index (χ2v) is 6.80. The van der Waals surface area contributed by atoms with Crippen LogP contribution in [-0.2, 0) is 4.79 Å². The second-order valence-electron chi connectivity index (χ2n) is 6.80. The molecule has 0 radical (unpaired) electrons. The Morgan fingerprint density at radius 2 is 1.93 bits per heavy atom. The summed E-state index contributed by atoms with van der Waals surface area (Å²) in [7, 11) is 0. The molecule has 6 heteroatoms. The van der Waals surface area contributed by atoms with Gasteiger partial charge in [-0.2, -0.15) is 0 Å². The summed E-state index contributed by atoms with van der Waals surface area (Å²) >= 11 is 0. The van der Waals surface area contributed by atoms with Gasteiger partial charge in [-0.25, -0.2) is 0 Å². The van der Waals surface area contributed by atoms with Crippen molar-refractivity contribution in [2.45, 2.75) is 25.9 Å². The van der Waals surface area contributed by atoms with Crippen LogP contribution in [0.5, 0.6) is 5.75 Å². The number of benzene rings is 1. The molecule has 2 aromatic rings. The third-order valence-corrected chi connectivity index (χ3v) is 4.80. The van der Waals surface area contributed by atoms with Crippen LogP contribution in [0.15, 0.2) is 54.9 Å². The van der Waals surface area contributed by atoms with Crippen LogP contribution in [0, 0.1) is 5.92 Å². The van der Waals surface area contributed by atoms with Gasteiger partial charge in [-0.1, -0.05) is 18.2 Å². The summed E-state index contributed by atoms with van der Waals surface area (Å²) in [6, 6.07) is 12.9. The number of likely N-dealkylation sites (tertiary alicyclic amines) is 1. The lowest BCUT2D eigenvalue weighted by Crippen LogP contribution is -2.43. The van der Waals surface area contributed by atoms with Gasteiger partial charge >= 0.3 is 0 Å². The summed E-state index contributed by atoms with van der Waals surface area (Å²) < 4.78 is 5.64. The summed E-state index contributed by atoms with van der Waals surface area (Å²) in [6.07, 6.45) is 4.47. The van der Waals surface area contributed by atoms with Crippen LogP contribution in [0.3, 0.4) is 0 Å². The number of hydrogen-bond acceptors (Lipinski definition) is 4. The number of hydrogen-bond donors (Lipinski definition) is 1. The minimum absolute atomic E-state index is 0.0236. The highest BCUT2D eigenvalue weighted by molar-refractivity contribution is 5.93. The van der Waals surface area contributed by atoms with Crippen molar-refractivity contribution < 1.29 is 14.3 Å². The van der Waals surface area contributed by atoms with Gasteiger partial charge in [0.2, 0.25) is 0 Å². The number of carbonyl (C=O) groups is 2. The van der Waals surface area contributed by atoms with E-state index in [2.05, 4.69) is 10.3 Å². The lowest BCUT2D eigenvalue weighted by Gasteiger charge is -2.32. The molecule has 1 aromatic carbocycles. The summed E-state index contributed by atoms with van der Waals surface area (Å²) in [5.74, 6) is 0.960. The predicted octanol–water partition coefficient (Wildman–Crippen LogP) is 2.52. The van der Waals surface area contributed by atoms with Crippen molar-refractivity contribution in [1.29, 1.82) is 0 Å². The molecule has 0 aliphatic carbocycles. The first-order valence-corrected chi connectivity index (χ1v) is 9.32. The fraction of sp³-hybridized carbons (Fsp3) is 0.381. The van der Waals surface area contributed by atoms with E-state index >= 15 is 0 Å². The van der Waals surface area contributed by atoms with Gasteiger partial charge in [0.1, 0.15) is 5.75 Å². The second kappa shape index (κ2) is 9.16. The number of para-hydroxylation sites is 1. The average Bonchev–Trinajstić information content (AvgIpc) is 2.73. The molecule has 142 valence electrons. The Morgan fingerprint density at radius 3 is 2.59 bits per heavy atom. The molecule has 1 aliphatic heterocycles. The van der Waals surface area contributed by atoms with E-state index in [4.69, 9.17) is 4.74 Å². The first-order valence-electron chi connectivity index (χ1n) is 9.32. The topological polar surface area (TPSA) is 71.5 Å². The largest absolute Gasteiger partial charge is 0.481 e. The SMILES string of the molecule is CC(Oc1ccccc1)C(=O)NCC1CCN(C(=O)c2cccnc2)CC1. The van der Waals surface area contributed by atoms with Crippen LogP contribution in [0.25, 0.3) is 0 Å². The maximum atomic E-state index is 12.4. The molecular formula is C21H25N3O3. The van der Waals surface area contributed by atoms with Gasteiger partial charge < -0.3 is 15.0 Å². The van der Waals surface area contributed by atoms with Crippen molar-refractivity contribution in [3.63, 3.8) is 0 Å². The monoisotopic (exact) mass is 367 g/mol. The van der Waals surface area contributed by atoms with Crippen LogP contribution in [0.4, 0.5) is 0 Å². The van der Waals surface area contributed by atoms with Gasteiger partial charge in [0.15, 0.2) is 6.10 Å². The number of pyridine rings is 1. The summed E-state index contributed by atoms with van der Waals surface area (Å²) in [5, 5.41) is 2.97. The van der Waals surface area contributed by atoms with Crippen molar-refractivity contribution in [2.75, 3.05) is 19.6 Å². The zero-order valence-corrected chi connectivity index (χ0v) is 15.5. The Kier molecular flexibility index (Phi) is 6.41. The van der Waals surface area contributed by atoms with Crippen molar-refractivity contribution in [3.05, 3.63) is 60.4 Å². The Labute approximate surface area is 159 Å². The normalized spacial score (nSPS) is 15.8.